The number of carbonyl (C=O) groups excluding carboxylic acids is 2. The number of hydrogen-bond acceptors (Lipinski definition) is 6. The maximum absolute atomic E-state index is 12.4. The van der Waals surface area contributed by atoms with Gasteiger partial charge in [0.15, 0.2) is 0 Å². The third-order valence-corrected chi connectivity index (χ3v) is 4.01. The van der Waals surface area contributed by atoms with E-state index in [0.29, 0.717) is 17.8 Å². The Kier molecular flexibility index (Phi) is 5.73. The van der Waals surface area contributed by atoms with Gasteiger partial charge in [0.05, 0.1) is 24.6 Å². The van der Waals surface area contributed by atoms with Crippen molar-refractivity contribution in [2.75, 3.05) is 14.1 Å². The molecule has 9 nitrogen and oxygen atoms in total. The molecule has 3 rings (SSSR count). The van der Waals surface area contributed by atoms with Crippen LogP contribution in [-0.4, -0.2) is 61.6 Å². The smallest absolute Gasteiger partial charge is 0.273 e. The Bertz CT molecular complexity index is 953. The van der Waals surface area contributed by atoms with E-state index in [1.165, 1.54) is 17.4 Å². The van der Waals surface area contributed by atoms with Crippen LogP contribution < -0.4 is 5.32 Å². The second-order valence-corrected chi connectivity index (χ2v) is 6.56. The van der Waals surface area contributed by atoms with Crippen molar-refractivity contribution in [3.8, 4) is 11.3 Å². The zero-order chi connectivity index (χ0) is 20.1. The molecule has 0 radical (unpaired) electrons. The lowest BCUT2D eigenvalue weighted by Gasteiger charge is -2.14. The highest BCUT2D eigenvalue weighted by atomic mass is 16.2. The Labute approximate surface area is 162 Å². The number of nitrogens with zero attached hydrogens (tertiary/aromatic N) is 6. The van der Waals surface area contributed by atoms with Crippen LogP contribution in [0.25, 0.3) is 11.3 Å². The van der Waals surface area contributed by atoms with Crippen LogP contribution in [0.15, 0.2) is 49.3 Å². The van der Waals surface area contributed by atoms with Crippen LogP contribution in [0.1, 0.15) is 27.8 Å². The van der Waals surface area contributed by atoms with E-state index >= 15 is 0 Å². The Balaban J connectivity index is 1.68. The van der Waals surface area contributed by atoms with Crippen LogP contribution in [-0.2, 0) is 6.54 Å². The van der Waals surface area contributed by atoms with Gasteiger partial charge in [-0.3, -0.25) is 19.3 Å². The molecule has 0 aliphatic heterocycles. The lowest BCUT2D eigenvalue weighted by atomic mass is 10.1. The van der Waals surface area contributed by atoms with E-state index in [-0.39, 0.29) is 23.6 Å². The predicted octanol–water partition coefficient (Wildman–Crippen LogP) is 1.26. The second kappa shape index (κ2) is 8.38. The predicted molar refractivity (Wildman–Crippen MR) is 102 cm³/mol. The van der Waals surface area contributed by atoms with Gasteiger partial charge in [-0.15, -0.1) is 0 Å². The van der Waals surface area contributed by atoms with Crippen LogP contribution in [0.4, 0.5) is 0 Å². The molecule has 1 N–H and O–H groups in total. The SMILES string of the molecule is C[C@H](Cn1cncn1)NC(=O)c1ccc(-c2cncc(C(=O)N(C)C)n2)cc1. The van der Waals surface area contributed by atoms with E-state index in [0.717, 1.165) is 5.56 Å². The fourth-order valence-corrected chi connectivity index (χ4v) is 2.59. The van der Waals surface area contributed by atoms with E-state index in [1.807, 2.05) is 6.92 Å². The van der Waals surface area contributed by atoms with Crippen molar-refractivity contribution >= 4 is 11.8 Å². The van der Waals surface area contributed by atoms with Crippen molar-refractivity contribution in [2.24, 2.45) is 0 Å². The molecule has 0 saturated carbocycles. The number of rotatable bonds is 6. The molecule has 3 aromatic rings. The Hall–Kier alpha value is -3.62. The molecule has 0 bridgehead atoms. The zero-order valence-corrected chi connectivity index (χ0v) is 15.9. The van der Waals surface area contributed by atoms with Crippen LogP contribution in [0, 0.1) is 0 Å². The molecule has 144 valence electrons. The highest BCUT2D eigenvalue weighted by Crippen LogP contribution is 2.17. The topological polar surface area (TPSA) is 106 Å². The van der Waals surface area contributed by atoms with Gasteiger partial charge in [-0.05, 0) is 19.1 Å². The fourth-order valence-electron chi connectivity index (χ4n) is 2.59. The van der Waals surface area contributed by atoms with Gasteiger partial charge in [0.25, 0.3) is 11.8 Å². The minimum Gasteiger partial charge on any atom is -0.348 e. The molecular formula is C19H21N7O2. The van der Waals surface area contributed by atoms with Crippen LogP contribution >= 0.6 is 0 Å². The molecule has 9 heteroatoms. The Morgan fingerprint density at radius 3 is 2.54 bits per heavy atom. The van der Waals surface area contributed by atoms with Gasteiger partial charge in [0.2, 0.25) is 0 Å². The molecule has 28 heavy (non-hydrogen) atoms. The van der Waals surface area contributed by atoms with Gasteiger partial charge < -0.3 is 10.2 Å². The quantitative estimate of drug-likeness (QED) is 0.691. The first-order valence-electron chi connectivity index (χ1n) is 8.71. The number of nitrogens with one attached hydrogen (secondary N) is 1. The summed E-state index contributed by atoms with van der Waals surface area (Å²) in [6, 6.07) is 6.90. The van der Waals surface area contributed by atoms with Crippen molar-refractivity contribution in [1.29, 1.82) is 0 Å². The molecule has 2 amide bonds. The molecular weight excluding hydrogens is 358 g/mol. The summed E-state index contributed by atoms with van der Waals surface area (Å²) in [5, 5.41) is 6.95. The summed E-state index contributed by atoms with van der Waals surface area (Å²) in [7, 11) is 3.32. The van der Waals surface area contributed by atoms with Crippen molar-refractivity contribution in [3.63, 3.8) is 0 Å². The first-order valence-corrected chi connectivity index (χ1v) is 8.71. The molecule has 0 unspecified atom stereocenters. The van der Waals surface area contributed by atoms with Crippen molar-refractivity contribution in [1.82, 2.24) is 34.9 Å². The summed E-state index contributed by atoms with van der Waals surface area (Å²) in [5.41, 5.74) is 2.14. The lowest BCUT2D eigenvalue weighted by Crippen LogP contribution is -2.35. The Morgan fingerprint density at radius 1 is 1.14 bits per heavy atom. The molecule has 0 aliphatic carbocycles. The van der Waals surface area contributed by atoms with Crippen LogP contribution in [0.3, 0.4) is 0 Å². The number of benzene rings is 1. The van der Waals surface area contributed by atoms with Gasteiger partial charge in [-0.1, -0.05) is 12.1 Å². The summed E-state index contributed by atoms with van der Waals surface area (Å²) < 4.78 is 1.66. The summed E-state index contributed by atoms with van der Waals surface area (Å²) in [5.74, 6) is -0.395. The molecule has 1 atom stereocenters. The van der Waals surface area contributed by atoms with Gasteiger partial charge in [-0.2, -0.15) is 5.10 Å². The molecule has 0 fully saturated rings. The maximum Gasteiger partial charge on any atom is 0.273 e. The van der Waals surface area contributed by atoms with Gasteiger partial charge in [0, 0.05) is 31.3 Å². The first-order chi connectivity index (χ1) is 13.4. The maximum atomic E-state index is 12.4. The Morgan fingerprint density at radius 2 is 1.89 bits per heavy atom. The highest BCUT2D eigenvalue weighted by molar-refractivity contribution is 5.95. The number of aromatic nitrogens is 5. The second-order valence-electron chi connectivity index (χ2n) is 6.56. The van der Waals surface area contributed by atoms with Crippen molar-refractivity contribution in [2.45, 2.75) is 19.5 Å². The number of hydrogen-bond donors (Lipinski definition) is 1. The molecule has 2 heterocycles. The molecule has 0 saturated heterocycles. The minimum atomic E-state index is -0.216. The van der Waals surface area contributed by atoms with Crippen molar-refractivity contribution < 1.29 is 9.59 Å². The average molecular weight is 379 g/mol. The minimum absolute atomic E-state index is 0.103. The van der Waals surface area contributed by atoms with E-state index in [9.17, 15) is 9.59 Å². The summed E-state index contributed by atoms with van der Waals surface area (Å²) in [6.45, 7) is 2.43. The zero-order valence-electron chi connectivity index (χ0n) is 15.9. The molecule has 2 aromatic heterocycles. The van der Waals surface area contributed by atoms with Gasteiger partial charge in [-0.25, -0.2) is 9.97 Å². The normalized spacial score (nSPS) is 11.7. The molecule has 1 aromatic carbocycles. The lowest BCUT2D eigenvalue weighted by molar-refractivity contribution is 0.0821. The van der Waals surface area contributed by atoms with E-state index < -0.39 is 0 Å². The van der Waals surface area contributed by atoms with Crippen molar-refractivity contribution in [3.05, 3.63) is 60.6 Å². The highest BCUT2D eigenvalue weighted by Gasteiger charge is 2.13. The first kappa shape index (κ1) is 19.2. The third kappa shape index (κ3) is 4.56. The monoisotopic (exact) mass is 379 g/mol. The average Bonchev–Trinajstić information content (AvgIpc) is 3.20. The summed E-state index contributed by atoms with van der Waals surface area (Å²) in [4.78, 5) is 38.2. The van der Waals surface area contributed by atoms with Crippen LogP contribution in [0.5, 0.6) is 0 Å². The summed E-state index contributed by atoms with van der Waals surface area (Å²) >= 11 is 0. The van der Waals surface area contributed by atoms with Crippen LogP contribution in [0.2, 0.25) is 0 Å². The fraction of sp³-hybridized carbons (Fsp3) is 0.263. The molecule has 0 spiro atoms. The van der Waals surface area contributed by atoms with E-state index in [1.54, 1.807) is 55.6 Å². The van der Waals surface area contributed by atoms with Gasteiger partial charge in [0.1, 0.15) is 18.3 Å². The third-order valence-electron chi connectivity index (χ3n) is 4.01. The summed E-state index contributed by atoms with van der Waals surface area (Å²) in [6.07, 6.45) is 6.08. The standard InChI is InChI=1S/C19H21N7O2/c1-13(10-26-12-21-11-22-26)23-18(27)15-6-4-14(5-7-15)16-8-20-9-17(24-16)19(28)25(2)3/h4-9,11-13H,10H2,1-3H3,(H,23,27)/t13-/m1/s1. The molecule has 0 aliphatic rings. The van der Waals surface area contributed by atoms with E-state index in [2.05, 4.69) is 25.4 Å². The largest absolute Gasteiger partial charge is 0.348 e. The number of carbonyl (C=O) groups is 2. The van der Waals surface area contributed by atoms with Gasteiger partial charge >= 0.3 is 0 Å². The number of amides is 2. The van der Waals surface area contributed by atoms with E-state index in [4.69, 9.17) is 0 Å².